The van der Waals surface area contributed by atoms with Crippen molar-refractivity contribution >= 4 is 10.0 Å². The van der Waals surface area contributed by atoms with Crippen molar-refractivity contribution in [2.45, 2.75) is 31.8 Å². The van der Waals surface area contributed by atoms with Gasteiger partial charge in [-0.2, -0.15) is 4.98 Å². The average molecular weight is 419 g/mol. The highest BCUT2D eigenvalue weighted by Gasteiger charge is 2.23. The van der Waals surface area contributed by atoms with Gasteiger partial charge in [-0.3, -0.25) is 0 Å². The molecule has 3 rings (SSSR count). The molecule has 3 aromatic rings. The Morgan fingerprint density at radius 2 is 1.90 bits per heavy atom. The number of hydrogen-bond donors (Lipinski definition) is 0. The third-order valence-electron chi connectivity index (χ3n) is 4.44. The summed E-state index contributed by atoms with van der Waals surface area (Å²) in [7, 11) is -2.39. The minimum Gasteiger partial charge on any atom is -0.483 e. The molecule has 7 nitrogen and oxygen atoms in total. The van der Waals surface area contributed by atoms with E-state index in [1.54, 1.807) is 6.92 Å². The van der Waals surface area contributed by atoms with Gasteiger partial charge in [-0.15, -0.1) is 0 Å². The summed E-state index contributed by atoms with van der Waals surface area (Å²) in [5.74, 6) is 0.795. The fraction of sp³-hybridized carbons (Fsp3) is 0.300. The van der Waals surface area contributed by atoms with Crippen molar-refractivity contribution in [1.82, 2.24) is 14.4 Å². The smallest absolute Gasteiger partial charge is 0.264 e. The second-order valence-electron chi connectivity index (χ2n) is 6.64. The van der Waals surface area contributed by atoms with Crippen LogP contribution in [0.5, 0.6) is 5.75 Å². The number of nitrogens with zero attached hydrogens (tertiary/aromatic N) is 3. The van der Waals surface area contributed by atoms with Crippen molar-refractivity contribution in [1.29, 1.82) is 0 Å². The second-order valence-corrected chi connectivity index (χ2v) is 8.66. The molecule has 0 amide bonds. The van der Waals surface area contributed by atoms with E-state index in [1.165, 1.54) is 19.2 Å². The molecule has 0 aliphatic heterocycles. The van der Waals surface area contributed by atoms with Crippen LogP contribution in [0.3, 0.4) is 0 Å². The lowest BCUT2D eigenvalue weighted by Gasteiger charge is -2.17. The lowest BCUT2D eigenvalue weighted by Crippen LogP contribution is -2.29. The van der Waals surface area contributed by atoms with Crippen LogP contribution in [-0.4, -0.2) is 36.5 Å². The van der Waals surface area contributed by atoms with Gasteiger partial charge in [0.1, 0.15) is 11.6 Å². The SMILES string of the molecule is Cc1ccccc1OCc1nc(CCN(C)S(=O)(=O)c2cc(F)ccc2C)no1. The minimum atomic E-state index is -3.82. The van der Waals surface area contributed by atoms with Crippen LogP contribution in [-0.2, 0) is 23.1 Å². The Bertz CT molecular complexity index is 1100. The number of rotatable bonds is 8. The molecule has 0 radical (unpaired) electrons. The summed E-state index contributed by atoms with van der Waals surface area (Å²) in [6.07, 6.45) is 0.248. The fourth-order valence-electron chi connectivity index (χ4n) is 2.71. The monoisotopic (exact) mass is 419 g/mol. The number of aromatic nitrogens is 2. The molecule has 0 aliphatic carbocycles. The Morgan fingerprint density at radius 1 is 1.14 bits per heavy atom. The van der Waals surface area contributed by atoms with Crippen molar-refractivity contribution in [2.75, 3.05) is 13.6 Å². The molecule has 0 atom stereocenters. The molecule has 0 spiro atoms. The van der Waals surface area contributed by atoms with Crippen LogP contribution in [0.25, 0.3) is 0 Å². The van der Waals surface area contributed by atoms with Gasteiger partial charge in [-0.05, 0) is 43.2 Å². The number of hydrogen-bond acceptors (Lipinski definition) is 6. The van der Waals surface area contributed by atoms with Gasteiger partial charge in [-0.25, -0.2) is 17.1 Å². The van der Waals surface area contributed by atoms with Crippen LogP contribution < -0.4 is 4.74 Å². The fourth-order valence-corrected chi connectivity index (χ4v) is 4.11. The van der Waals surface area contributed by atoms with Crippen LogP contribution in [0, 0.1) is 19.7 Å². The van der Waals surface area contributed by atoms with Crippen molar-refractivity contribution in [2.24, 2.45) is 0 Å². The molecule has 1 aromatic heterocycles. The molecule has 0 aliphatic rings. The summed E-state index contributed by atoms with van der Waals surface area (Å²) >= 11 is 0. The number of ether oxygens (including phenoxy) is 1. The van der Waals surface area contributed by atoms with E-state index < -0.39 is 15.8 Å². The minimum absolute atomic E-state index is 0.0552. The zero-order valence-corrected chi connectivity index (χ0v) is 17.2. The molecule has 0 unspecified atom stereocenters. The van der Waals surface area contributed by atoms with Crippen molar-refractivity contribution in [3.05, 3.63) is 71.1 Å². The quantitative estimate of drug-likeness (QED) is 0.557. The van der Waals surface area contributed by atoms with E-state index in [4.69, 9.17) is 9.26 Å². The van der Waals surface area contributed by atoms with Crippen molar-refractivity contribution in [3.63, 3.8) is 0 Å². The maximum absolute atomic E-state index is 13.5. The number of para-hydroxylation sites is 1. The first-order valence-corrected chi connectivity index (χ1v) is 10.4. The normalized spacial score (nSPS) is 11.8. The van der Waals surface area contributed by atoms with Gasteiger partial charge in [0, 0.05) is 20.0 Å². The van der Waals surface area contributed by atoms with Crippen molar-refractivity contribution < 1.29 is 22.1 Å². The molecule has 29 heavy (non-hydrogen) atoms. The second kappa shape index (κ2) is 8.71. The predicted octanol–water partition coefficient (Wildman–Crippen LogP) is 3.27. The topological polar surface area (TPSA) is 85.5 Å². The summed E-state index contributed by atoms with van der Waals surface area (Å²) in [4.78, 5) is 4.17. The van der Waals surface area contributed by atoms with Gasteiger partial charge in [-0.1, -0.05) is 29.4 Å². The highest BCUT2D eigenvalue weighted by molar-refractivity contribution is 7.89. The summed E-state index contributed by atoms with van der Waals surface area (Å²) in [6, 6.07) is 11.3. The molecule has 1 heterocycles. The molecule has 0 saturated carbocycles. The highest BCUT2D eigenvalue weighted by Crippen LogP contribution is 2.20. The molecule has 9 heteroatoms. The van der Waals surface area contributed by atoms with Crippen LogP contribution in [0.15, 0.2) is 51.9 Å². The van der Waals surface area contributed by atoms with E-state index in [2.05, 4.69) is 10.1 Å². The first-order valence-electron chi connectivity index (χ1n) is 9.00. The summed E-state index contributed by atoms with van der Waals surface area (Å²) in [5.41, 5.74) is 1.47. The average Bonchev–Trinajstić information content (AvgIpc) is 3.15. The maximum Gasteiger partial charge on any atom is 0.264 e. The van der Waals surface area contributed by atoms with E-state index in [1.807, 2.05) is 31.2 Å². The molecule has 0 N–H and O–H groups in total. The Balaban J connectivity index is 1.60. The van der Waals surface area contributed by atoms with E-state index in [-0.39, 0.29) is 24.5 Å². The van der Waals surface area contributed by atoms with Gasteiger partial charge >= 0.3 is 0 Å². The Hall–Kier alpha value is -2.78. The van der Waals surface area contributed by atoms with Crippen LogP contribution in [0.1, 0.15) is 22.8 Å². The summed E-state index contributed by atoms with van der Waals surface area (Å²) in [5, 5.41) is 3.86. The number of halogens is 1. The standard InChI is InChI=1S/C20H22FN3O4S/c1-14-6-4-5-7-17(14)27-13-20-22-19(23-28-20)10-11-24(3)29(25,26)18-12-16(21)9-8-15(18)2/h4-9,12H,10-11,13H2,1-3H3. The molecular weight excluding hydrogens is 397 g/mol. The zero-order chi connectivity index (χ0) is 21.0. The molecule has 2 aromatic carbocycles. The van der Waals surface area contributed by atoms with Gasteiger partial charge in [0.25, 0.3) is 5.89 Å². The van der Waals surface area contributed by atoms with Gasteiger partial charge < -0.3 is 9.26 Å². The molecular formula is C20H22FN3O4S. The third-order valence-corrected chi connectivity index (χ3v) is 6.44. The largest absolute Gasteiger partial charge is 0.483 e. The number of sulfonamides is 1. The van der Waals surface area contributed by atoms with E-state index in [0.29, 0.717) is 17.3 Å². The van der Waals surface area contributed by atoms with Crippen molar-refractivity contribution in [3.8, 4) is 5.75 Å². The van der Waals surface area contributed by atoms with E-state index in [9.17, 15) is 12.8 Å². The van der Waals surface area contributed by atoms with Gasteiger partial charge in [0.15, 0.2) is 12.4 Å². The highest BCUT2D eigenvalue weighted by atomic mass is 32.2. The van der Waals surface area contributed by atoms with Crippen LogP contribution >= 0.6 is 0 Å². The first-order chi connectivity index (χ1) is 13.8. The maximum atomic E-state index is 13.5. The number of benzene rings is 2. The van der Waals surface area contributed by atoms with Crippen LogP contribution in [0.4, 0.5) is 4.39 Å². The predicted molar refractivity (Wildman–Crippen MR) is 104 cm³/mol. The van der Waals surface area contributed by atoms with E-state index in [0.717, 1.165) is 21.7 Å². The lowest BCUT2D eigenvalue weighted by molar-refractivity contribution is 0.241. The Labute approximate surface area is 169 Å². The molecule has 0 saturated heterocycles. The summed E-state index contributed by atoms with van der Waals surface area (Å²) in [6.45, 7) is 3.80. The van der Waals surface area contributed by atoms with Gasteiger partial charge in [0.05, 0.1) is 4.90 Å². The zero-order valence-electron chi connectivity index (χ0n) is 16.4. The first kappa shape index (κ1) is 20.9. The third kappa shape index (κ3) is 4.99. The summed E-state index contributed by atoms with van der Waals surface area (Å²) < 4.78 is 50.9. The molecule has 0 fully saturated rings. The number of aryl methyl sites for hydroxylation is 2. The molecule has 154 valence electrons. The van der Waals surface area contributed by atoms with Gasteiger partial charge in [0.2, 0.25) is 10.0 Å². The Kier molecular flexibility index (Phi) is 6.29. The number of likely N-dealkylation sites (N-methyl/N-ethyl adjacent to an activating group) is 1. The Morgan fingerprint density at radius 3 is 2.66 bits per heavy atom. The molecule has 0 bridgehead atoms. The lowest BCUT2D eigenvalue weighted by atomic mass is 10.2. The van der Waals surface area contributed by atoms with E-state index >= 15 is 0 Å². The van der Waals surface area contributed by atoms with Crippen LogP contribution in [0.2, 0.25) is 0 Å².